The number of esters is 2. The number of hydrogen-bond donors (Lipinski definition) is 2. The predicted molar refractivity (Wildman–Crippen MR) is 211 cm³/mol. The summed E-state index contributed by atoms with van der Waals surface area (Å²) in [5.74, 6) is -0.292. The SMILES string of the molecule is COC(=O)[C@H](Cc1ccc(OCc2ccccc2)c(-c2cc(C[C@H](NC(=O)OC(C)(C)C)C(=O)OC)ccc2OCc2ccccc2)c1)NC(=O)OC(C)(C)C. The third-order valence-corrected chi connectivity index (χ3v) is 8.09. The van der Waals surface area contributed by atoms with E-state index in [1.807, 2.05) is 84.9 Å². The highest BCUT2D eigenvalue weighted by Gasteiger charge is 2.28. The van der Waals surface area contributed by atoms with Crippen molar-refractivity contribution in [1.82, 2.24) is 10.6 Å². The van der Waals surface area contributed by atoms with Gasteiger partial charge in [0.2, 0.25) is 0 Å². The van der Waals surface area contributed by atoms with Crippen molar-refractivity contribution in [2.45, 2.75) is 90.9 Å². The molecule has 298 valence electrons. The molecule has 0 aliphatic heterocycles. The van der Waals surface area contributed by atoms with Crippen LogP contribution in [0.2, 0.25) is 0 Å². The number of carbonyl (C=O) groups excluding carboxylic acids is 4. The molecule has 0 heterocycles. The summed E-state index contributed by atoms with van der Waals surface area (Å²) in [5, 5.41) is 5.28. The average molecular weight is 769 g/mol. The molecule has 2 N–H and O–H groups in total. The Labute approximate surface area is 328 Å². The molecule has 0 aromatic heterocycles. The lowest BCUT2D eigenvalue weighted by Crippen LogP contribution is -2.45. The van der Waals surface area contributed by atoms with E-state index in [9.17, 15) is 19.2 Å². The van der Waals surface area contributed by atoms with Crippen molar-refractivity contribution >= 4 is 24.1 Å². The Hall–Kier alpha value is -6.04. The highest BCUT2D eigenvalue weighted by molar-refractivity contribution is 5.83. The standard InChI is InChI=1S/C44H52N2O10/c1-43(2,3)55-41(49)45-35(39(47)51-7)25-31-19-21-37(53-27-29-15-11-9-12-16-29)33(23-31)34-24-32(20-22-38(34)54-28-30-17-13-10-14-18-30)26-36(40(48)52-8)46-42(50)56-44(4,5)6/h9-24,35-36H,25-28H2,1-8H3,(H,45,49)(H,46,50)/t35-,36-/m0/s1. The summed E-state index contributed by atoms with van der Waals surface area (Å²) in [6.07, 6.45) is -1.41. The lowest BCUT2D eigenvalue weighted by atomic mass is 9.95. The van der Waals surface area contributed by atoms with Crippen molar-refractivity contribution in [3.63, 3.8) is 0 Å². The maximum atomic E-state index is 12.9. The quantitative estimate of drug-likeness (QED) is 0.0910. The first kappa shape index (κ1) is 42.7. The van der Waals surface area contributed by atoms with Gasteiger partial charge in [0.15, 0.2) is 0 Å². The molecule has 0 saturated carbocycles. The number of hydrogen-bond acceptors (Lipinski definition) is 10. The minimum Gasteiger partial charge on any atom is -0.488 e. The number of carbonyl (C=O) groups is 4. The van der Waals surface area contributed by atoms with Crippen LogP contribution >= 0.6 is 0 Å². The van der Waals surface area contributed by atoms with Crippen LogP contribution in [0.4, 0.5) is 9.59 Å². The van der Waals surface area contributed by atoms with Gasteiger partial charge in [-0.25, -0.2) is 19.2 Å². The Morgan fingerprint density at radius 3 is 1.20 bits per heavy atom. The number of rotatable bonds is 15. The van der Waals surface area contributed by atoms with E-state index in [0.717, 1.165) is 11.1 Å². The molecule has 0 spiro atoms. The van der Waals surface area contributed by atoms with Crippen LogP contribution in [0.3, 0.4) is 0 Å². The molecule has 4 aromatic carbocycles. The van der Waals surface area contributed by atoms with E-state index in [1.165, 1.54) is 14.2 Å². The molecule has 0 fully saturated rings. The summed E-state index contributed by atoms with van der Waals surface area (Å²) in [4.78, 5) is 51.4. The molecule has 0 bridgehead atoms. The normalized spacial score (nSPS) is 12.4. The van der Waals surface area contributed by atoms with Crippen LogP contribution in [0, 0.1) is 0 Å². The first-order valence-electron chi connectivity index (χ1n) is 18.3. The molecule has 0 aliphatic carbocycles. The molecular weight excluding hydrogens is 716 g/mol. The van der Waals surface area contributed by atoms with E-state index in [0.29, 0.717) is 33.8 Å². The van der Waals surface area contributed by atoms with Gasteiger partial charge in [-0.15, -0.1) is 0 Å². The fourth-order valence-corrected chi connectivity index (χ4v) is 5.59. The van der Waals surface area contributed by atoms with E-state index in [1.54, 1.807) is 53.7 Å². The molecule has 4 aromatic rings. The van der Waals surface area contributed by atoms with Crippen molar-refractivity contribution in [3.05, 3.63) is 119 Å². The first-order valence-corrected chi connectivity index (χ1v) is 18.3. The molecule has 2 amide bonds. The Kier molecular flexibility index (Phi) is 14.9. The summed E-state index contributed by atoms with van der Waals surface area (Å²) < 4.78 is 33.8. The van der Waals surface area contributed by atoms with E-state index in [-0.39, 0.29) is 26.1 Å². The summed E-state index contributed by atoms with van der Waals surface area (Å²) in [7, 11) is 2.50. The fraction of sp³-hybridized carbons (Fsp3) is 0.364. The average Bonchev–Trinajstić information content (AvgIpc) is 3.15. The highest BCUT2D eigenvalue weighted by Crippen LogP contribution is 2.39. The second-order valence-electron chi connectivity index (χ2n) is 15.1. The van der Waals surface area contributed by atoms with Crippen LogP contribution in [0.5, 0.6) is 11.5 Å². The largest absolute Gasteiger partial charge is 0.488 e. The number of ether oxygens (including phenoxy) is 6. The molecule has 2 atom stereocenters. The van der Waals surface area contributed by atoms with Crippen molar-refractivity contribution in [2.75, 3.05) is 14.2 Å². The van der Waals surface area contributed by atoms with Crippen molar-refractivity contribution < 1.29 is 47.6 Å². The van der Waals surface area contributed by atoms with Crippen LogP contribution in [-0.2, 0) is 54.6 Å². The Morgan fingerprint density at radius 1 is 0.518 bits per heavy atom. The Morgan fingerprint density at radius 2 is 0.875 bits per heavy atom. The van der Waals surface area contributed by atoms with Crippen LogP contribution in [0.1, 0.15) is 63.8 Å². The third kappa shape index (κ3) is 13.7. The third-order valence-electron chi connectivity index (χ3n) is 8.09. The summed E-state index contributed by atoms with van der Waals surface area (Å²) >= 11 is 0. The zero-order valence-electron chi connectivity index (χ0n) is 33.3. The number of methoxy groups -OCH3 is 2. The smallest absolute Gasteiger partial charge is 0.408 e. The maximum absolute atomic E-state index is 12.9. The minimum atomic E-state index is -1.07. The van der Waals surface area contributed by atoms with Gasteiger partial charge >= 0.3 is 24.1 Å². The number of nitrogens with one attached hydrogen (secondary N) is 2. The lowest BCUT2D eigenvalue weighted by molar-refractivity contribution is -0.143. The van der Waals surface area contributed by atoms with Gasteiger partial charge in [0.05, 0.1) is 14.2 Å². The van der Waals surface area contributed by atoms with Gasteiger partial charge in [0, 0.05) is 24.0 Å². The van der Waals surface area contributed by atoms with Gasteiger partial charge in [0.25, 0.3) is 0 Å². The zero-order chi connectivity index (χ0) is 40.9. The van der Waals surface area contributed by atoms with Gasteiger partial charge in [0.1, 0.15) is 48.0 Å². The monoisotopic (exact) mass is 768 g/mol. The van der Waals surface area contributed by atoms with E-state index in [4.69, 9.17) is 28.4 Å². The van der Waals surface area contributed by atoms with Gasteiger partial charge in [-0.2, -0.15) is 0 Å². The van der Waals surface area contributed by atoms with Crippen molar-refractivity contribution in [1.29, 1.82) is 0 Å². The van der Waals surface area contributed by atoms with Crippen LogP contribution in [-0.4, -0.2) is 61.6 Å². The van der Waals surface area contributed by atoms with Gasteiger partial charge < -0.3 is 39.1 Å². The van der Waals surface area contributed by atoms with E-state index in [2.05, 4.69) is 10.6 Å². The summed E-state index contributed by atoms with van der Waals surface area (Å²) in [6.45, 7) is 10.9. The molecule has 4 rings (SSSR count). The molecule has 12 heteroatoms. The van der Waals surface area contributed by atoms with Crippen LogP contribution in [0.25, 0.3) is 11.1 Å². The van der Waals surface area contributed by atoms with Crippen molar-refractivity contribution in [2.24, 2.45) is 0 Å². The lowest BCUT2D eigenvalue weighted by Gasteiger charge is -2.23. The number of amides is 2. The number of alkyl carbamates (subject to hydrolysis) is 2. The molecule has 56 heavy (non-hydrogen) atoms. The Balaban J connectivity index is 1.81. The molecule has 0 saturated heterocycles. The van der Waals surface area contributed by atoms with Gasteiger partial charge in [-0.3, -0.25) is 0 Å². The molecule has 0 radical (unpaired) electrons. The van der Waals surface area contributed by atoms with Crippen LogP contribution in [0.15, 0.2) is 97.1 Å². The second-order valence-corrected chi connectivity index (χ2v) is 15.1. The first-order chi connectivity index (χ1) is 26.5. The van der Waals surface area contributed by atoms with Crippen LogP contribution < -0.4 is 20.1 Å². The minimum absolute atomic E-state index is 0.0575. The second kappa shape index (κ2) is 19.5. The van der Waals surface area contributed by atoms with Gasteiger partial charge in [-0.1, -0.05) is 72.8 Å². The molecule has 12 nitrogen and oxygen atoms in total. The van der Waals surface area contributed by atoms with E-state index >= 15 is 0 Å². The van der Waals surface area contributed by atoms with E-state index < -0.39 is 47.4 Å². The topological polar surface area (TPSA) is 148 Å². The maximum Gasteiger partial charge on any atom is 0.408 e. The van der Waals surface area contributed by atoms with Crippen molar-refractivity contribution in [3.8, 4) is 22.6 Å². The molecule has 0 unspecified atom stereocenters. The fourth-order valence-electron chi connectivity index (χ4n) is 5.59. The number of benzene rings is 4. The summed E-state index contributed by atoms with van der Waals surface area (Å²) in [6, 6.07) is 28.2. The Bertz CT molecular complexity index is 1790. The summed E-state index contributed by atoms with van der Waals surface area (Å²) in [5.41, 5.74) is 2.86. The van der Waals surface area contributed by atoms with Gasteiger partial charge in [-0.05, 0) is 88.1 Å². The highest BCUT2D eigenvalue weighted by atomic mass is 16.6. The zero-order valence-corrected chi connectivity index (χ0v) is 33.3. The molecule has 0 aliphatic rings. The molecular formula is C44H52N2O10. The predicted octanol–water partition coefficient (Wildman–Crippen LogP) is 7.73.